The first-order valence-corrected chi connectivity index (χ1v) is 6.40. The molecule has 0 unspecified atom stereocenters. The number of hydrogen-bond donors (Lipinski definition) is 1. The van der Waals surface area contributed by atoms with Crippen LogP contribution in [-0.2, 0) is 9.59 Å². The van der Waals surface area contributed by atoms with E-state index in [1.54, 1.807) is 9.80 Å². The molecule has 0 aromatic heterocycles. The standard InChI is InChI=1S/C12H20N2O3/c15-10-8-14(9-10)12(17)5-7-13-6-3-1-2-4-11(13)16/h10,15H,1-9H2. The van der Waals surface area contributed by atoms with Gasteiger partial charge >= 0.3 is 0 Å². The first-order valence-electron chi connectivity index (χ1n) is 6.40. The summed E-state index contributed by atoms with van der Waals surface area (Å²) in [5.74, 6) is 0.228. The quantitative estimate of drug-likeness (QED) is 0.754. The van der Waals surface area contributed by atoms with E-state index in [-0.39, 0.29) is 17.9 Å². The monoisotopic (exact) mass is 240 g/mol. The Morgan fingerprint density at radius 3 is 2.76 bits per heavy atom. The summed E-state index contributed by atoms with van der Waals surface area (Å²) in [6.45, 7) is 2.22. The summed E-state index contributed by atoms with van der Waals surface area (Å²) in [6, 6.07) is 0. The van der Waals surface area contributed by atoms with Gasteiger partial charge in [-0.05, 0) is 12.8 Å². The van der Waals surface area contributed by atoms with Crippen molar-refractivity contribution >= 4 is 11.8 Å². The minimum atomic E-state index is -0.348. The van der Waals surface area contributed by atoms with Crippen LogP contribution in [0.3, 0.4) is 0 Å². The van der Waals surface area contributed by atoms with Crippen molar-refractivity contribution in [2.75, 3.05) is 26.2 Å². The molecule has 0 radical (unpaired) electrons. The molecule has 2 aliphatic rings. The zero-order valence-corrected chi connectivity index (χ0v) is 10.1. The Morgan fingerprint density at radius 2 is 2.06 bits per heavy atom. The van der Waals surface area contributed by atoms with Crippen LogP contribution in [0.1, 0.15) is 32.1 Å². The first kappa shape index (κ1) is 12.4. The highest BCUT2D eigenvalue weighted by atomic mass is 16.3. The van der Waals surface area contributed by atoms with Crippen molar-refractivity contribution < 1.29 is 14.7 Å². The van der Waals surface area contributed by atoms with Crippen LogP contribution in [0.25, 0.3) is 0 Å². The lowest BCUT2D eigenvalue weighted by Crippen LogP contribution is -2.54. The van der Waals surface area contributed by atoms with Gasteiger partial charge < -0.3 is 14.9 Å². The molecule has 2 fully saturated rings. The number of likely N-dealkylation sites (tertiary alicyclic amines) is 2. The summed E-state index contributed by atoms with van der Waals surface area (Å²) >= 11 is 0. The number of nitrogens with zero attached hydrogens (tertiary/aromatic N) is 2. The Bertz CT molecular complexity index is 300. The third-order valence-electron chi connectivity index (χ3n) is 3.48. The fourth-order valence-electron chi connectivity index (χ4n) is 2.32. The lowest BCUT2D eigenvalue weighted by Gasteiger charge is -2.36. The Kier molecular flexibility index (Phi) is 3.99. The first-order chi connectivity index (χ1) is 8.16. The van der Waals surface area contributed by atoms with E-state index in [4.69, 9.17) is 5.11 Å². The molecule has 2 amide bonds. The molecule has 0 saturated carbocycles. The van der Waals surface area contributed by atoms with Crippen molar-refractivity contribution in [3.63, 3.8) is 0 Å². The number of rotatable bonds is 3. The minimum absolute atomic E-state index is 0.0485. The molecular formula is C12H20N2O3. The number of carbonyl (C=O) groups is 2. The Balaban J connectivity index is 1.73. The van der Waals surface area contributed by atoms with Crippen LogP contribution < -0.4 is 0 Å². The highest BCUT2D eigenvalue weighted by molar-refractivity contribution is 5.79. The molecule has 0 bridgehead atoms. The second kappa shape index (κ2) is 5.49. The fraction of sp³-hybridized carbons (Fsp3) is 0.833. The second-order valence-corrected chi connectivity index (χ2v) is 4.89. The van der Waals surface area contributed by atoms with E-state index < -0.39 is 0 Å². The molecule has 96 valence electrons. The van der Waals surface area contributed by atoms with Crippen LogP contribution >= 0.6 is 0 Å². The van der Waals surface area contributed by atoms with Gasteiger partial charge in [0.05, 0.1) is 6.10 Å². The van der Waals surface area contributed by atoms with Crippen molar-refractivity contribution in [1.82, 2.24) is 9.80 Å². The SMILES string of the molecule is O=C1CCCCCN1CCC(=O)N1CC(O)C1. The number of β-amino-alcohol motifs (C(OH)–C–C–N with tert-alkyl or cyclic N) is 1. The summed E-state index contributed by atoms with van der Waals surface area (Å²) in [6.07, 6.45) is 3.78. The van der Waals surface area contributed by atoms with Gasteiger partial charge in [0.15, 0.2) is 0 Å². The maximum Gasteiger partial charge on any atom is 0.224 e. The highest BCUT2D eigenvalue weighted by Gasteiger charge is 2.28. The smallest absolute Gasteiger partial charge is 0.224 e. The Hall–Kier alpha value is -1.10. The molecule has 17 heavy (non-hydrogen) atoms. The van der Waals surface area contributed by atoms with Gasteiger partial charge in [-0.3, -0.25) is 9.59 Å². The van der Waals surface area contributed by atoms with Gasteiger partial charge in [0.1, 0.15) is 0 Å². The number of aliphatic hydroxyl groups excluding tert-OH is 1. The van der Waals surface area contributed by atoms with E-state index in [0.717, 1.165) is 25.8 Å². The minimum Gasteiger partial charge on any atom is -0.389 e. The third kappa shape index (κ3) is 3.19. The molecule has 0 aliphatic carbocycles. The Morgan fingerprint density at radius 1 is 1.29 bits per heavy atom. The number of hydrogen-bond acceptors (Lipinski definition) is 3. The molecule has 0 spiro atoms. The zero-order chi connectivity index (χ0) is 12.3. The zero-order valence-electron chi connectivity index (χ0n) is 10.1. The lowest BCUT2D eigenvalue weighted by atomic mass is 10.1. The molecular weight excluding hydrogens is 220 g/mol. The molecule has 2 saturated heterocycles. The lowest BCUT2D eigenvalue weighted by molar-refractivity contribution is -0.142. The molecule has 2 rings (SSSR count). The van der Waals surface area contributed by atoms with Crippen molar-refractivity contribution in [3.05, 3.63) is 0 Å². The van der Waals surface area contributed by atoms with E-state index in [1.807, 2.05) is 0 Å². The van der Waals surface area contributed by atoms with Gasteiger partial charge in [-0.1, -0.05) is 6.42 Å². The highest BCUT2D eigenvalue weighted by Crippen LogP contribution is 2.13. The summed E-state index contributed by atoms with van der Waals surface area (Å²) in [4.78, 5) is 26.8. The maximum absolute atomic E-state index is 11.7. The largest absolute Gasteiger partial charge is 0.389 e. The van der Waals surface area contributed by atoms with Crippen molar-refractivity contribution in [2.24, 2.45) is 0 Å². The fourth-order valence-corrected chi connectivity index (χ4v) is 2.32. The Labute approximate surface area is 101 Å². The molecule has 1 N–H and O–H groups in total. The molecule has 5 heteroatoms. The van der Waals surface area contributed by atoms with Crippen molar-refractivity contribution in [2.45, 2.75) is 38.2 Å². The van der Waals surface area contributed by atoms with Gasteiger partial charge in [0.25, 0.3) is 0 Å². The predicted molar refractivity (Wildman–Crippen MR) is 62.3 cm³/mol. The summed E-state index contributed by atoms with van der Waals surface area (Å²) in [5, 5.41) is 9.10. The molecule has 0 aromatic carbocycles. The van der Waals surface area contributed by atoms with Gasteiger partial charge in [-0.15, -0.1) is 0 Å². The molecule has 0 atom stereocenters. The van der Waals surface area contributed by atoms with E-state index in [1.165, 1.54) is 0 Å². The normalized spacial score (nSPS) is 22.3. The predicted octanol–water partition coefficient (Wildman–Crippen LogP) is -0.0178. The molecule has 2 aliphatic heterocycles. The number of carbonyl (C=O) groups excluding carboxylic acids is 2. The van der Waals surface area contributed by atoms with E-state index in [9.17, 15) is 9.59 Å². The van der Waals surface area contributed by atoms with Crippen molar-refractivity contribution in [1.29, 1.82) is 0 Å². The van der Waals surface area contributed by atoms with Gasteiger partial charge in [0.2, 0.25) is 11.8 Å². The van der Waals surface area contributed by atoms with Crippen LogP contribution in [0.4, 0.5) is 0 Å². The number of aliphatic hydroxyl groups is 1. The summed E-state index contributed by atoms with van der Waals surface area (Å²) < 4.78 is 0. The van der Waals surface area contributed by atoms with Crippen LogP contribution in [0, 0.1) is 0 Å². The van der Waals surface area contributed by atoms with Crippen LogP contribution in [-0.4, -0.2) is 59.0 Å². The average molecular weight is 240 g/mol. The van der Waals surface area contributed by atoms with Crippen LogP contribution in [0.5, 0.6) is 0 Å². The molecule has 2 heterocycles. The number of amides is 2. The third-order valence-corrected chi connectivity index (χ3v) is 3.48. The van der Waals surface area contributed by atoms with Crippen LogP contribution in [0.2, 0.25) is 0 Å². The maximum atomic E-state index is 11.7. The molecule has 5 nitrogen and oxygen atoms in total. The summed E-state index contributed by atoms with van der Waals surface area (Å²) in [5.41, 5.74) is 0. The van der Waals surface area contributed by atoms with E-state index in [2.05, 4.69) is 0 Å². The van der Waals surface area contributed by atoms with E-state index in [0.29, 0.717) is 32.5 Å². The second-order valence-electron chi connectivity index (χ2n) is 4.89. The van der Waals surface area contributed by atoms with Crippen molar-refractivity contribution in [3.8, 4) is 0 Å². The van der Waals surface area contributed by atoms with Crippen LogP contribution in [0.15, 0.2) is 0 Å². The van der Waals surface area contributed by atoms with E-state index >= 15 is 0 Å². The van der Waals surface area contributed by atoms with Gasteiger partial charge in [-0.25, -0.2) is 0 Å². The van der Waals surface area contributed by atoms with Gasteiger partial charge in [-0.2, -0.15) is 0 Å². The summed E-state index contributed by atoms with van der Waals surface area (Å²) in [7, 11) is 0. The molecule has 0 aromatic rings. The topological polar surface area (TPSA) is 60.9 Å². The van der Waals surface area contributed by atoms with Gasteiger partial charge in [0, 0.05) is 39.0 Å². The average Bonchev–Trinajstić information content (AvgIpc) is 2.47.